The first-order chi connectivity index (χ1) is 12.3. The summed E-state index contributed by atoms with van der Waals surface area (Å²) in [6.07, 6.45) is 0.818. The van der Waals surface area contributed by atoms with Crippen molar-refractivity contribution in [3.63, 3.8) is 0 Å². The Balaban J connectivity index is 1.52. The minimum absolute atomic E-state index is 0.0180. The zero-order valence-electron chi connectivity index (χ0n) is 14.3. The Morgan fingerprint density at radius 2 is 1.80 bits per heavy atom. The summed E-state index contributed by atoms with van der Waals surface area (Å²) < 4.78 is 5.61. The summed E-state index contributed by atoms with van der Waals surface area (Å²) in [5.74, 6) is 1.56. The van der Waals surface area contributed by atoms with Crippen LogP contribution in [0.1, 0.15) is 16.1 Å². The lowest BCUT2D eigenvalue weighted by atomic mass is 10.3. The minimum atomic E-state index is -0.0180. The Labute approximate surface area is 152 Å². The van der Waals surface area contributed by atoms with Crippen molar-refractivity contribution in [2.45, 2.75) is 6.42 Å². The summed E-state index contributed by atoms with van der Waals surface area (Å²) in [6, 6.07) is 13.4. The topological polar surface area (TPSA) is 74.8 Å². The summed E-state index contributed by atoms with van der Waals surface area (Å²) in [5.41, 5.74) is 0. The molecule has 2 aromatic rings. The molecule has 1 amide bonds. The van der Waals surface area contributed by atoms with Gasteiger partial charge in [-0.25, -0.2) is 0 Å². The van der Waals surface area contributed by atoms with Crippen molar-refractivity contribution in [3.8, 4) is 5.75 Å². The van der Waals surface area contributed by atoms with Gasteiger partial charge in [0.1, 0.15) is 12.4 Å². The lowest BCUT2D eigenvalue weighted by Crippen LogP contribution is -2.40. The van der Waals surface area contributed by atoms with Gasteiger partial charge in [-0.15, -0.1) is 11.3 Å². The maximum atomic E-state index is 11.8. The molecule has 0 aliphatic carbocycles. The van der Waals surface area contributed by atoms with Crippen LogP contribution in [-0.2, 0) is 0 Å². The summed E-state index contributed by atoms with van der Waals surface area (Å²) in [5, 5.41) is 11.2. The first kappa shape index (κ1) is 18.8. The van der Waals surface area contributed by atoms with Crippen molar-refractivity contribution in [2.75, 3.05) is 33.3 Å². The predicted octanol–water partition coefficient (Wildman–Crippen LogP) is 2.11. The zero-order chi connectivity index (χ0) is 17.7. The third-order valence-electron chi connectivity index (χ3n) is 3.31. The van der Waals surface area contributed by atoms with Gasteiger partial charge in [0, 0.05) is 20.1 Å². The number of nitrogens with one attached hydrogen (secondary N) is 3. The zero-order valence-corrected chi connectivity index (χ0v) is 15.1. The molecule has 0 radical (unpaired) electrons. The van der Waals surface area contributed by atoms with Crippen LogP contribution >= 0.6 is 11.3 Å². The van der Waals surface area contributed by atoms with Crippen molar-refractivity contribution >= 4 is 23.2 Å². The highest BCUT2D eigenvalue weighted by Crippen LogP contribution is 2.08. The molecule has 7 heteroatoms. The first-order valence-electron chi connectivity index (χ1n) is 8.23. The molecule has 0 bridgehead atoms. The van der Waals surface area contributed by atoms with E-state index in [2.05, 4.69) is 20.9 Å². The second kappa shape index (κ2) is 11.1. The van der Waals surface area contributed by atoms with Gasteiger partial charge >= 0.3 is 0 Å². The van der Waals surface area contributed by atoms with Crippen LogP contribution in [0.5, 0.6) is 5.75 Å². The van der Waals surface area contributed by atoms with E-state index in [0.717, 1.165) is 29.6 Å². The smallest absolute Gasteiger partial charge is 0.261 e. The number of guanidine groups is 1. The number of benzene rings is 1. The van der Waals surface area contributed by atoms with E-state index in [9.17, 15) is 4.79 Å². The number of carbonyl (C=O) groups is 1. The number of hydrogen-bond donors (Lipinski definition) is 3. The molecule has 1 aromatic carbocycles. The van der Waals surface area contributed by atoms with Crippen LogP contribution < -0.4 is 20.7 Å². The average Bonchev–Trinajstić information content (AvgIpc) is 3.18. The quantitative estimate of drug-likeness (QED) is 0.364. The van der Waals surface area contributed by atoms with Gasteiger partial charge in [-0.3, -0.25) is 9.79 Å². The number of thiophene rings is 1. The Hall–Kier alpha value is -2.54. The van der Waals surface area contributed by atoms with Gasteiger partial charge < -0.3 is 20.7 Å². The van der Waals surface area contributed by atoms with E-state index >= 15 is 0 Å². The molecule has 0 saturated heterocycles. The SMILES string of the molecule is CN=C(NCCCNC(=O)c1cccs1)NCCOc1ccccc1. The highest BCUT2D eigenvalue weighted by atomic mass is 32.1. The Kier molecular flexibility index (Phi) is 8.34. The molecule has 0 aliphatic rings. The van der Waals surface area contributed by atoms with Crippen molar-refractivity contribution in [2.24, 2.45) is 4.99 Å². The molecular weight excluding hydrogens is 336 g/mol. The van der Waals surface area contributed by atoms with Crippen LogP contribution in [0.3, 0.4) is 0 Å². The minimum Gasteiger partial charge on any atom is -0.492 e. The van der Waals surface area contributed by atoms with E-state index in [-0.39, 0.29) is 5.91 Å². The molecule has 0 aliphatic heterocycles. The first-order valence-corrected chi connectivity index (χ1v) is 9.11. The third-order valence-corrected chi connectivity index (χ3v) is 4.18. The van der Waals surface area contributed by atoms with Crippen LogP contribution in [0.25, 0.3) is 0 Å². The fourth-order valence-corrected chi connectivity index (χ4v) is 2.71. The van der Waals surface area contributed by atoms with E-state index in [4.69, 9.17) is 4.74 Å². The van der Waals surface area contributed by atoms with Gasteiger partial charge in [-0.2, -0.15) is 0 Å². The highest BCUT2D eigenvalue weighted by Gasteiger charge is 2.04. The normalized spacial score (nSPS) is 11.0. The summed E-state index contributed by atoms with van der Waals surface area (Å²) in [4.78, 5) is 16.7. The van der Waals surface area contributed by atoms with E-state index < -0.39 is 0 Å². The lowest BCUT2D eigenvalue weighted by Gasteiger charge is -2.12. The van der Waals surface area contributed by atoms with Gasteiger partial charge in [0.15, 0.2) is 5.96 Å². The number of ether oxygens (including phenoxy) is 1. The molecule has 6 nitrogen and oxygen atoms in total. The molecule has 134 valence electrons. The fourth-order valence-electron chi connectivity index (χ4n) is 2.07. The molecule has 0 fully saturated rings. The monoisotopic (exact) mass is 360 g/mol. The second-order valence-electron chi connectivity index (χ2n) is 5.17. The van der Waals surface area contributed by atoms with E-state index in [0.29, 0.717) is 19.7 Å². The third kappa shape index (κ3) is 7.26. The maximum Gasteiger partial charge on any atom is 0.261 e. The highest BCUT2D eigenvalue weighted by molar-refractivity contribution is 7.12. The number of carbonyl (C=O) groups excluding carboxylic acids is 1. The average molecular weight is 360 g/mol. The molecule has 3 N–H and O–H groups in total. The molecule has 1 heterocycles. The molecule has 0 atom stereocenters. The van der Waals surface area contributed by atoms with Crippen LogP contribution in [0, 0.1) is 0 Å². The lowest BCUT2D eigenvalue weighted by molar-refractivity contribution is 0.0957. The van der Waals surface area contributed by atoms with Crippen LogP contribution in [0.15, 0.2) is 52.8 Å². The summed E-state index contributed by atoms with van der Waals surface area (Å²) in [7, 11) is 1.73. The maximum absolute atomic E-state index is 11.8. The van der Waals surface area contributed by atoms with Crippen molar-refractivity contribution < 1.29 is 9.53 Å². The molecule has 1 aromatic heterocycles. The van der Waals surface area contributed by atoms with Gasteiger partial charge in [0.2, 0.25) is 0 Å². The largest absolute Gasteiger partial charge is 0.492 e. The van der Waals surface area contributed by atoms with Gasteiger partial charge in [0.05, 0.1) is 11.4 Å². The standard InChI is InChI=1S/C18H24N4O2S/c1-19-18(22-12-13-24-15-7-3-2-4-8-15)21-11-6-10-20-17(23)16-9-5-14-25-16/h2-5,7-9,14H,6,10-13H2,1H3,(H,20,23)(H2,19,21,22). The van der Waals surface area contributed by atoms with Crippen LogP contribution in [0.4, 0.5) is 0 Å². The van der Waals surface area contributed by atoms with Crippen LogP contribution in [-0.4, -0.2) is 45.2 Å². The fraction of sp³-hybridized carbons (Fsp3) is 0.333. The molecule has 25 heavy (non-hydrogen) atoms. The molecular formula is C18H24N4O2S. The van der Waals surface area contributed by atoms with E-state index in [1.54, 1.807) is 7.05 Å². The van der Waals surface area contributed by atoms with Gasteiger partial charge in [-0.1, -0.05) is 24.3 Å². The van der Waals surface area contributed by atoms with E-state index in [1.807, 2.05) is 47.8 Å². The number of nitrogens with zero attached hydrogens (tertiary/aromatic N) is 1. The molecule has 0 spiro atoms. The molecule has 0 unspecified atom stereocenters. The number of hydrogen-bond acceptors (Lipinski definition) is 4. The number of para-hydroxylation sites is 1. The van der Waals surface area contributed by atoms with Gasteiger partial charge in [0.25, 0.3) is 5.91 Å². The van der Waals surface area contributed by atoms with E-state index in [1.165, 1.54) is 11.3 Å². The predicted molar refractivity (Wildman–Crippen MR) is 103 cm³/mol. The van der Waals surface area contributed by atoms with Crippen molar-refractivity contribution in [1.29, 1.82) is 0 Å². The molecule has 0 saturated carbocycles. The number of aliphatic imine (C=N–C) groups is 1. The number of amides is 1. The Bertz CT molecular complexity index is 644. The van der Waals surface area contributed by atoms with Gasteiger partial charge in [-0.05, 0) is 30.0 Å². The summed E-state index contributed by atoms with van der Waals surface area (Å²) >= 11 is 1.44. The van der Waals surface area contributed by atoms with Crippen molar-refractivity contribution in [3.05, 3.63) is 52.7 Å². The Morgan fingerprint density at radius 3 is 2.52 bits per heavy atom. The Morgan fingerprint density at radius 1 is 1.04 bits per heavy atom. The van der Waals surface area contributed by atoms with Crippen molar-refractivity contribution in [1.82, 2.24) is 16.0 Å². The summed E-state index contributed by atoms with van der Waals surface area (Å²) in [6.45, 7) is 2.56. The second-order valence-corrected chi connectivity index (χ2v) is 6.12. The number of rotatable bonds is 9. The molecule has 2 rings (SSSR count). The van der Waals surface area contributed by atoms with Crippen LogP contribution in [0.2, 0.25) is 0 Å².